The average Bonchev–Trinajstić information content (AvgIpc) is 3.38. The minimum absolute atomic E-state index is 0.0237. The van der Waals surface area contributed by atoms with Crippen molar-refractivity contribution in [3.8, 4) is 0 Å². The number of hydrogen-bond donors (Lipinski definition) is 2. The van der Waals surface area contributed by atoms with E-state index in [1.54, 1.807) is 0 Å². The number of amides is 1. The zero-order valence-corrected chi connectivity index (χ0v) is 17.6. The number of benzene rings is 2. The fourth-order valence-electron chi connectivity index (χ4n) is 3.62. The summed E-state index contributed by atoms with van der Waals surface area (Å²) in [6.07, 6.45) is 1.84. The second-order valence-electron chi connectivity index (χ2n) is 7.36. The van der Waals surface area contributed by atoms with E-state index in [0.29, 0.717) is 12.6 Å². The van der Waals surface area contributed by atoms with Gasteiger partial charge in [0.1, 0.15) is 11.3 Å². The second-order valence-corrected chi connectivity index (χ2v) is 9.13. The van der Waals surface area contributed by atoms with Gasteiger partial charge in [0.05, 0.1) is 10.9 Å². The molecule has 1 saturated heterocycles. The highest BCUT2D eigenvalue weighted by molar-refractivity contribution is 7.89. The van der Waals surface area contributed by atoms with Crippen LogP contribution in [0.3, 0.4) is 0 Å². The van der Waals surface area contributed by atoms with E-state index < -0.39 is 15.8 Å². The van der Waals surface area contributed by atoms with E-state index in [4.69, 9.17) is 4.42 Å². The average molecular weight is 447 g/mol. The van der Waals surface area contributed by atoms with E-state index in [9.17, 15) is 17.6 Å². The molecule has 0 bridgehead atoms. The van der Waals surface area contributed by atoms with Crippen molar-refractivity contribution >= 4 is 33.0 Å². The predicted molar refractivity (Wildman–Crippen MR) is 114 cm³/mol. The molecule has 1 fully saturated rings. The maximum atomic E-state index is 13.2. The topological polar surface area (TPSA) is 105 Å². The molecule has 2 N–H and O–H groups in total. The summed E-state index contributed by atoms with van der Waals surface area (Å²) in [4.78, 5) is 18.6. The molecule has 1 aliphatic heterocycles. The zero-order chi connectivity index (χ0) is 21.8. The van der Waals surface area contributed by atoms with Crippen molar-refractivity contribution in [2.24, 2.45) is 0 Å². The molecule has 1 atom stereocenters. The van der Waals surface area contributed by atoms with Gasteiger partial charge in [-0.05, 0) is 43.2 Å². The third kappa shape index (κ3) is 5.02. The van der Waals surface area contributed by atoms with Gasteiger partial charge in [0, 0.05) is 26.1 Å². The van der Waals surface area contributed by atoms with E-state index in [-0.39, 0.29) is 29.8 Å². The van der Waals surface area contributed by atoms with Crippen molar-refractivity contribution < 1.29 is 22.0 Å². The van der Waals surface area contributed by atoms with Crippen molar-refractivity contribution in [1.29, 1.82) is 0 Å². The number of para-hydroxylation sites is 2. The highest BCUT2D eigenvalue weighted by atomic mass is 32.2. The largest absolute Gasteiger partial charge is 0.423 e. The first kappa shape index (κ1) is 21.3. The Morgan fingerprint density at radius 1 is 1.23 bits per heavy atom. The molecule has 0 radical (unpaired) electrons. The number of hydrogen-bond acceptors (Lipinski definition) is 6. The van der Waals surface area contributed by atoms with Crippen LogP contribution in [0.5, 0.6) is 0 Å². The van der Waals surface area contributed by atoms with Crippen molar-refractivity contribution in [2.75, 3.05) is 24.5 Å². The standard InChI is InChI=1S/C21H23FN4O4S/c22-15-5-3-7-17(13-15)31(28,29)24-11-10-20(27)23-14-16-6-4-12-26(16)21-25-18-8-1-2-9-19(18)30-21/h1-3,5,7-9,13,16,24H,4,6,10-12,14H2,(H,23,27). The molecule has 2 aromatic carbocycles. The molecule has 0 aliphatic carbocycles. The summed E-state index contributed by atoms with van der Waals surface area (Å²) in [6, 6.07) is 12.9. The van der Waals surface area contributed by atoms with Gasteiger partial charge in [0.15, 0.2) is 5.58 Å². The lowest BCUT2D eigenvalue weighted by Gasteiger charge is -2.23. The Labute approximate surface area is 179 Å². The van der Waals surface area contributed by atoms with Crippen LogP contribution in [0.25, 0.3) is 11.1 Å². The number of halogens is 1. The quantitative estimate of drug-likeness (QED) is 0.551. The van der Waals surface area contributed by atoms with Crippen LogP contribution in [-0.2, 0) is 14.8 Å². The van der Waals surface area contributed by atoms with Crippen LogP contribution < -0.4 is 14.9 Å². The Kier molecular flexibility index (Phi) is 6.19. The number of carbonyl (C=O) groups is 1. The second kappa shape index (κ2) is 9.03. The Hall–Kier alpha value is -2.98. The third-order valence-electron chi connectivity index (χ3n) is 5.19. The molecule has 10 heteroatoms. The maximum absolute atomic E-state index is 13.2. The summed E-state index contributed by atoms with van der Waals surface area (Å²) in [7, 11) is -3.87. The molecule has 164 valence electrons. The SMILES string of the molecule is O=C(CCNS(=O)(=O)c1cccc(F)c1)NCC1CCCN1c1nc2ccccc2o1. The molecule has 3 aromatic rings. The van der Waals surface area contributed by atoms with Crippen LogP contribution in [0.2, 0.25) is 0 Å². The first-order chi connectivity index (χ1) is 14.9. The van der Waals surface area contributed by atoms with Gasteiger partial charge in [-0.2, -0.15) is 4.98 Å². The van der Waals surface area contributed by atoms with Crippen LogP contribution in [0, 0.1) is 5.82 Å². The summed E-state index contributed by atoms with van der Waals surface area (Å²) in [5, 5.41) is 2.85. The molecule has 2 heterocycles. The van der Waals surface area contributed by atoms with Crippen LogP contribution in [0.15, 0.2) is 57.8 Å². The lowest BCUT2D eigenvalue weighted by atomic mass is 10.2. The minimum Gasteiger partial charge on any atom is -0.423 e. The zero-order valence-electron chi connectivity index (χ0n) is 16.8. The molecule has 0 saturated carbocycles. The number of nitrogens with zero attached hydrogens (tertiary/aromatic N) is 2. The molecule has 0 spiro atoms. The van der Waals surface area contributed by atoms with Gasteiger partial charge in [-0.1, -0.05) is 18.2 Å². The monoisotopic (exact) mass is 446 g/mol. The van der Waals surface area contributed by atoms with Gasteiger partial charge in [-0.25, -0.2) is 17.5 Å². The smallest absolute Gasteiger partial charge is 0.298 e. The maximum Gasteiger partial charge on any atom is 0.298 e. The van der Waals surface area contributed by atoms with Gasteiger partial charge in [0.2, 0.25) is 15.9 Å². The lowest BCUT2D eigenvalue weighted by molar-refractivity contribution is -0.120. The third-order valence-corrected chi connectivity index (χ3v) is 6.65. The van der Waals surface area contributed by atoms with Gasteiger partial charge in [-0.15, -0.1) is 0 Å². The summed E-state index contributed by atoms with van der Waals surface area (Å²) in [5.41, 5.74) is 1.51. The number of oxazole rings is 1. The number of anilines is 1. The van der Waals surface area contributed by atoms with Crippen molar-refractivity contribution in [3.05, 3.63) is 54.3 Å². The molecule has 8 nitrogen and oxygen atoms in total. The van der Waals surface area contributed by atoms with E-state index in [1.165, 1.54) is 18.2 Å². The molecule has 1 unspecified atom stereocenters. The van der Waals surface area contributed by atoms with Crippen LogP contribution >= 0.6 is 0 Å². The fraction of sp³-hybridized carbons (Fsp3) is 0.333. The molecule has 31 heavy (non-hydrogen) atoms. The fourth-order valence-corrected chi connectivity index (χ4v) is 4.68. The molecular weight excluding hydrogens is 423 g/mol. The molecule has 1 aromatic heterocycles. The minimum atomic E-state index is -3.87. The summed E-state index contributed by atoms with van der Waals surface area (Å²) in [6.45, 7) is 1.12. The van der Waals surface area contributed by atoms with Crippen molar-refractivity contribution in [1.82, 2.24) is 15.0 Å². The summed E-state index contributed by atoms with van der Waals surface area (Å²) >= 11 is 0. The summed E-state index contributed by atoms with van der Waals surface area (Å²) < 4.78 is 45.7. The van der Waals surface area contributed by atoms with Crippen molar-refractivity contribution in [2.45, 2.75) is 30.2 Å². The van der Waals surface area contributed by atoms with Crippen LogP contribution in [-0.4, -0.2) is 45.0 Å². The van der Waals surface area contributed by atoms with E-state index in [1.807, 2.05) is 29.2 Å². The highest BCUT2D eigenvalue weighted by Gasteiger charge is 2.28. The normalized spacial score (nSPS) is 16.7. The van der Waals surface area contributed by atoms with E-state index in [2.05, 4.69) is 15.0 Å². The van der Waals surface area contributed by atoms with Gasteiger partial charge in [-0.3, -0.25) is 4.79 Å². The molecule has 1 amide bonds. The number of aromatic nitrogens is 1. The summed E-state index contributed by atoms with van der Waals surface area (Å²) in [5.74, 6) is -0.910. The lowest BCUT2D eigenvalue weighted by Crippen LogP contribution is -2.41. The molecular formula is C21H23FN4O4S. The van der Waals surface area contributed by atoms with Gasteiger partial charge >= 0.3 is 0 Å². The van der Waals surface area contributed by atoms with E-state index in [0.717, 1.165) is 36.6 Å². The van der Waals surface area contributed by atoms with Crippen molar-refractivity contribution in [3.63, 3.8) is 0 Å². The predicted octanol–water partition coefficient (Wildman–Crippen LogP) is 2.42. The van der Waals surface area contributed by atoms with Gasteiger partial charge in [0.25, 0.3) is 6.01 Å². The Morgan fingerprint density at radius 3 is 2.87 bits per heavy atom. The molecule has 1 aliphatic rings. The highest BCUT2D eigenvalue weighted by Crippen LogP contribution is 2.28. The van der Waals surface area contributed by atoms with Crippen LogP contribution in [0.1, 0.15) is 19.3 Å². The Balaban J connectivity index is 1.27. The number of nitrogens with one attached hydrogen (secondary N) is 2. The number of carbonyl (C=O) groups excluding carboxylic acids is 1. The molecule has 4 rings (SSSR count). The Bertz CT molecular complexity index is 1150. The van der Waals surface area contributed by atoms with Crippen LogP contribution in [0.4, 0.5) is 10.4 Å². The first-order valence-electron chi connectivity index (χ1n) is 10.1. The Morgan fingerprint density at radius 2 is 2.06 bits per heavy atom. The number of fused-ring (bicyclic) bond motifs is 1. The first-order valence-corrected chi connectivity index (χ1v) is 11.5. The van der Waals surface area contributed by atoms with E-state index >= 15 is 0 Å². The van der Waals surface area contributed by atoms with Gasteiger partial charge < -0.3 is 14.6 Å². The number of rotatable bonds is 8. The number of sulfonamides is 1.